The third-order valence-electron chi connectivity index (χ3n) is 4.53. The van der Waals surface area contributed by atoms with Crippen molar-refractivity contribution < 1.29 is 32.2 Å². The first-order chi connectivity index (χ1) is 14.2. The Labute approximate surface area is 175 Å². The molecule has 0 aromatic carbocycles. The second-order valence-corrected chi connectivity index (χ2v) is 8.32. The standard InChI is InChI=1S/C19H24F3N3O4S/c1-11(24-12(2)26)9-27-13-3-5-14(6-4-13)29-17-7-16-15(8-23-17)25-18(30-16)28-10-19(20,21)22/h7-8,11,13-14H,3-6,9-10H2,1-2H3,(H,24,26)/t11-,13?,14?/m0/s1. The molecule has 0 bridgehead atoms. The fraction of sp³-hybridized carbons (Fsp3) is 0.632. The molecule has 0 aliphatic heterocycles. The molecule has 1 amide bonds. The first-order valence-electron chi connectivity index (χ1n) is 9.69. The van der Waals surface area contributed by atoms with Gasteiger partial charge in [0, 0.05) is 19.0 Å². The summed E-state index contributed by atoms with van der Waals surface area (Å²) in [6.45, 7) is 2.47. The summed E-state index contributed by atoms with van der Waals surface area (Å²) in [5, 5.41) is 2.74. The van der Waals surface area contributed by atoms with Crippen molar-refractivity contribution in [2.75, 3.05) is 13.2 Å². The Morgan fingerprint density at radius 1 is 1.30 bits per heavy atom. The van der Waals surface area contributed by atoms with E-state index in [9.17, 15) is 18.0 Å². The van der Waals surface area contributed by atoms with Crippen LogP contribution < -0.4 is 14.8 Å². The molecule has 1 aliphatic carbocycles. The van der Waals surface area contributed by atoms with Gasteiger partial charge in [-0.15, -0.1) is 0 Å². The van der Waals surface area contributed by atoms with E-state index >= 15 is 0 Å². The van der Waals surface area contributed by atoms with Crippen LogP contribution >= 0.6 is 11.3 Å². The molecule has 2 aromatic heterocycles. The normalized spacial score (nSPS) is 20.7. The maximum absolute atomic E-state index is 12.3. The van der Waals surface area contributed by atoms with E-state index in [1.165, 1.54) is 13.1 Å². The predicted molar refractivity (Wildman–Crippen MR) is 105 cm³/mol. The number of amides is 1. The van der Waals surface area contributed by atoms with Crippen LogP contribution in [0.4, 0.5) is 13.2 Å². The summed E-state index contributed by atoms with van der Waals surface area (Å²) in [4.78, 5) is 19.2. The molecule has 3 rings (SSSR count). The number of rotatable bonds is 8. The molecule has 30 heavy (non-hydrogen) atoms. The SMILES string of the molecule is CC(=O)N[C@@H](C)COC1CCC(Oc2cc3sc(OCC(F)(F)F)nc3cn2)CC1. The van der Waals surface area contributed by atoms with Crippen molar-refractivity contribution in [2.24, 2.45) is 0 Å². The lowest BCUT2D eigenvalue weighted by Gasteiger charge is -2.29. The van der Waals surface area contributed by atoms with Crippen LogP contribution in [0.15, 0.2) is 12.3 Å². The highest BCUT2D eigenvalue weighted by Gasteiger charge is 2.29. The fourth-order valence-electron chi connectivity index (χ4n) is 3.22. The molecule has 0 spiro atoms. The second kappa shape index (κ2) is 9.78. The predicted octanol–water partition coefficient (Wildman–Crippen LogP) is 3.86. The largest absolute Gasteiger partial charge is 0.474 e. The third-order valence-corrected chi connectivity index (χ3v) is 5.46. The van der Waals surface area contributed by atoms with Crippen molar-refractivity contribution >= 4 is 27.5 Å². The number of aromatic nitrogens is 2. The lowest BCUT2D eigenvalue weighted by molar-refractivity contribution is -0.153. The fourth-order valence-corrected chi connectivity index (χ4v) is 4.03. The topological polar surface area (TPSA) is 82.6 Å². The van der Waals surface area contributed by atoms with Gasteiger partial charge in [0.2, 0.25) is 11.8 Å². The van der Waals surface area contributed by atoms with Crippen LogP contribution in [0.3, 0.4) is 0 Å². The smallest absolute Gasteiger partial charge is 0.422 e. The molecule has 7 nitrogen and oxygen atoms in total. The third kappa shape index (κ3) is 6.98. The number of fused-ring (bicyclic) bond motifs is 1. The zero-order valence-electron chi connectivity index (χ0n) is 16.7. The van der Waals surface area contributed by atoms with Crippen molar-refractivity contribution in [1.82, 2.24) is 15.3 Å². The summed E-state index contributed by atoms with van der Waals surface area (Å²) in [5.74, 6) is 0.338. The first kappa shape index (κ1) is 22.5. The summed E-state index contributed by atoms with van der Waals surface area (Å²) in [6, 6.07) is 1.64. The molecule has 1 fully saturated rings. The van der Waals surface area contributed by atoms with Gasteiger partial charge in [0.05, 0.1) is 23.6 Å². The van der Waals surface area contributed by atoms with Crippen molar-refractivity contribution in [3.05, 3.63) is 12.3 Å². The van der Waals surface area contributed by atoms with E-state index in [1.54, 1.807) is 6.07 Å². The number of nitrogens with zero attached hydrogens (tertiary/aromatic N) is 2. The van der Waals surface area contributed by atoms with Gasteiger partial charge in [0.15, 0.2) is 6.61 Å². The molecular weight excluding hydrogens is 423 g/mol. The van der Waals surface area contributed by atoms with Gasteiger partial charge in [0.1, 0.15) is 11.6 Å². The van der Waals surface area contributed by atoms with Gasteiger partial charge in [-0.25, -0.2) is 9.97 Å². The number of halogens is 3. The number of hydrogen-bond donors (Lipinski definition) is 1. The molecule has 0 saturated heterocycles. The number of hydrogen-bond acceptors (Lipinski definition) is 7. The molecule has 1 saturated carbocycles. The van der Waals surface area contributed by atoms with Crippen LogP contribution in [-0.4, -0.2) is 53.5 Å². The summed E-state index contributed by atoms with van der Waals surface area (Å²) in [5.41, 5.74) is 0.468. The molecule has 2 heterocycles. The highest BCUT2D eigenvalue weighted by Crippen LogP contribution is 2.32. The van der Waals surface area contributed by atoms with Crippen LogP contribution in [0.2, 0.25) is 0 Å². The van der Waals surface area contributed by atoms with Crippen molar-refractivity contribution in [3.63, 3.8) is 0 Å². The Bertz CT molecular complexity index is 853. The summed E-state index contributed by atoms with van der Waals surface area (Å²) < 4.78 is 54.0. The maximum atomic E-state index is 12.3. The van der Waals surface area contributed by atoms with Crippen molar-refractivity contribution in [2.45, 2.75) is 64.0 Å². The van der Waals surface area contributed by atoms with Crippen LogP contribution in [-0.2, 0) is 9.53 Å². The molecular formula is C19H24F3N3O4S. The van der Waals surface area contributed by atoms with Gasteiger partial charge in [-0.1, -0.05) is 11.3 Å². The minimum atomic E-state index is -4.41. The monoisotopic (exact) mass is 447 g/mol. The van der Waals surface area contributed by atoms with Gasteiger partial charge in [-0.3, -0.25) is 4.79 Å². The Morgan fingerprint density at radius 2 is 2.00 bits per heavy atom. The van der Waals surface area contributed by atoms with Gasteiger partial charge < -0.3 is 19.5 Å². The van der Waals surface area contributed by atoms with E-state index in [0.29, 0.717) is 22.7 Å². The van der Waals surface area contributed by atoms with Gasteiger partial charge in [-0.2, -0.15) is 13.2 Å². The molecule has 1 N–H and O–H groups in total. The molecule has 2 aromatic rings. The summed E-state index contributed by atoms with van der Waals surface area (Å²) in [6.07, 6.45) is 0.492. The van der Waals surface area contributed by atoms with E-state index in [0.717, 1.165) is 37.0 Å². The highest BCUT2D eigenvalue weighted by atomic mass is 32.1. The van der Waals surface area contributed by atoms with Crippen LogP contribution in [0.1, 0.15) is 39.5 Å². The van der Waals surface area contributed by atoms with Crippen LogP contribution in [0, 0.1) is 0 Å². The highest BCUT2D eigenvalue weighted by molar-refractivity contribution is 7.20. The van der Waals surface area contributed by atoms with Crippen LogP contribution in [0.25, 0.3) is 10.2 Å². The first-order valence-corrected chi connectivity index (χ1v) is 10.5. The van der Waals surface area contributed by atoms with E-state index in [4.69, 9.17) is 14.2 Å². The average Bonchev–Trinajstić information content (AvgIpc) is 3.07. The molecule has 0 radical (unpaired) electrons. The molecule has 166 valence electrons. The number of ether oxygens (including phenoxy) is 3. The van der Waals surface area contributed by atoms with Crippen LogP contribution in [0.5, 0.6) is 11.1 Å². The van der Waals surface area contributed by atoms with Gasteiger partial charge >= 0.3 is 6.18 Å². The molecule has 0 unspecified atom stereocenters. The number of thiazole rings is 1. The summed E-state index contributed by atoms with van der Waals surface area (Å²) >= 11 is 1.02. The molecule has 1 atom stereocenters. The Balaban J connectivity index is 1.47. The van der Waals surface area contributed by atoms with Gasteiger partial charge in [-0.05, 0) is 32.6 Å². The number of nitrogens with one attached hydrogen (secondary N) is 1. The quantitative estimate of drug-likeness (QED) is 0.662. The minimum Gasteiger partial charge on any atom is -0.474 e. The van der Waals surface area contributed by atoms with Crippen molar-refractivity contribution in [1.29, 1.82) is 0 Å². The zero-order valence-corrected chi connectivity index (χ0v) is 17.5. The summed E-state index contributed by atoms with van der Waals surface area (Å²) in [7, 11) is 0. The van der Waals surface area contributed by atoms with Gasteiger partial charge in [0.25, 0.3) is 5.19 Å². The van der Waals surface area contributed by atoms with E-state index in [-0.39, 0.29) is 29.4 Å². The Kier molecular flexibility index (Phi) is 7.35. The zero-order chi connectivity index (χ0) is 21.7. The van der Waals surface area contributed by atoms with E-state index in [2.05, 4.69) is 15.3 Å². The molecule has 11 heteroatoms. The molecule has 1 aliphatic rings. The van der Waals surface area contributed by atoms with Crippen molar-refractivity contribution in [3.8, 4) is 11.1 Å². The number of pyridine rings is 1. The van der Waals surface area contributed by atoms with E-state index < -0.39 is 12.8 Å². The minimum absolute atomic E-state index is 0.00330. The Morgan fingerprint density at radius 3 is 2.67 bits per heavy atom. The lowest BCUT2D eigenvalue weighted by atomic mass is 9.95. The second-order valence-electron chi connectivity index (χ2n) is 7.33. The maximum Gasteiger partial charge on any atom is 0.422 e. The lowest BCUT2D eigenvalue weighted by Crippen LogP contribution is -2.36. The Hall–Kier alpha value is -2.14. The number of carbonyl (C=O) groups excluding carboxylic acids is 1. The van der Waals surface area contributed by atoms with E-state index in [1.807, 2.05) is 6.92 Å². The average molecular weight is 447 g/mol. The number of carbonyl (C=O) groups is 1. The number of alkyl halides is 3.